The number of nitrogens with zero attached hydrogens (tertiary/aromatic N) is 1. The highest BCUT2D eigenvalue weighted by Crippen LogP contribution is 2.38. The highest BCUT2D eigenvalue weighted by atomic mass is 32.1. The molecule has 0 saturated heterocycles. The minimum atomic E-state index is -0.558. The Labute approximate surface area is 130 Å². The molecule has 2 aromatic rings. The van der Waals surface area contributed by atoms with Crippen molar-refractivity contribution in [1.82, 2.24) is 4.98 Å². The van der Waals surface area contributed by atoms with Crippen molar-refractivity contribution in [2.75, 3.05) is 0 Å². The van der Waals surface area contributed by atoms with Gasteiger partial charge in [0, 0.05) is 17.4 Å². The van der Waals surface area contributed by atoms with Gasteiger partial charge in [0.2, 0.25) is 0 Å². The Morgan fingerprint density at radius 3 is 2.71 bits per heavy atom. The lowest BCUT2D eigenvalue weighted by molar-refractivity contribution is -0.0279. The molecule has 1 heterocycles. The van der Waals surface area contributed by atoms with Crippen LogP contribution in [0.5, 0.6) is 0 Å². The molecule has 2 nitrogen and oxygen atoms in total. The van der Waals surface area contributed by atoms with Crippen molar-refractivity contribution >= 4 is 11.3 Å². The molecule has 3 rings (SSSR count). The Balaban J connectivity index is 1.73. The first kappa shape index (κ1) is 14.7. The zero-order chi connectivity index (χ0) is 14.9. The van der Waals surface area contributed by atoms with Crippen LogP contribution in [-0.2, 0) is 6.42 Å². The standard InChI is InChI=1S/C18H23NOS/c1-13-8-9-18(20,10-14(13)2)11-17-19-16(12-21-17)15-6-4-3-5-7-15/h3-7,12-14,20H,8-11H2,1-2H3. The summed E-state index contributed by atoms with van der Waals surface area (Å²) in [6.45, 7) is 4.55. The summed E-state index contributed by atoms with van der Waals surface area (Å²) >= 11 is 1.67. The molecule has 1 saturated carbocycles. The number of benzene rings is 1. The van der Waals surface area contributed by atoms with Crippen LogP contribution < -0.4 is 0 Å². The van der Waals surface area contributed by atoms with Gasteiger partial charge in [0.1, 0.15) is 0 Å². The third kappa shape index (κ3) is 3.35. The quantitative estimate of drug-likeness (QED) is 0.903. The molecule has 0 spiro atoms. The van der Waals surface area contributed by atoms with Gasteiger partial charge in [-0.05, 0) is 31.1 Å². The average Bonchev–Trinajstić information content (AvgIpc) is 2.92. The smallest absolute Gasteiger partial charge is 0.0961 e. The summed E-state index contributed by atoms with van der Waals surface area (Å²) in [6.07, 6.45) is 3.61. The minimum absolute atomic E-state index is 0.558. The molecular weight excluding hydrogens is 278 g/mol. The largest absolute Gasteiger partial charge is 0.389 e. The van der Waals surface area contributed by atoms with Gasteiger partial charge in [0.25, 0.3) is 0 Å². The zero-order valence-corrected chi connectivity index (χ0v) is 13.6. The first-order valence-corrected chi connectivity index (χ1v) is 8.66. The molecule has 1 fully saturated rings. The molecule has 1 aromatic heterocycles. The summed E-state index contributed by atoms with van der Waals surface area (Å²) in [6, 6.07) is 10.2. The van der Waals surface area contributed by atoms with Gasteiger partial charge in [-0.25, -0.2) is 4.98 Å². The topological polar surface area (TPSA) is 33.1 Å². The van der Waals surface area contributed by atoms with E-state index in [2.05, 4.69) is 31.4 Å². The molecule has 0 radical (unpaired) electrons. The van der Waals surface area contributed by atoms with Gasteiger partial charge < -0.3 is 5.11 Å². The van der Waals surface area contributed by atoms with Crippen molar-refractivity contribution in [3.05, 3.63) is 40.7 Å². The fourth-order valence-corrected chi connectivity index (χ4v) is 4.20. The number of thiazole rings is 1. The number of aliphatic hydroxyl groups is 1. The third-order valence-electron chi connectivity index (χ3n) is 4.84. The predicted octanol–water partition coefficient (Wildman–Crippen LogP) is 4.54. The fourth-order valence-electron chi connectivity index (χ4n) is 3.26. The lowest BCUT2D eigenvalue weighted by Gasteiger charge is -2.38. The number of aromatic nitrogens is 1. The van der Waals surface area contributed by atoms with Gasteiger partial charge >= 0.3 is 0 Å². The van der Waals surface area contributed by atoms with E-state index in [9.17, 15) is 5.11 Å². The van der Waals surface area contributed by atoms with Crippen LogP contribution in [0.2, 0.25) is 0 Å². The van der Waals surface area contributed by atoms with Crippen molar-refractivity contribution in [2.24, 2.45) is 11.8 Å². The summed E-state index contributed by atoms with van der Waals surface area (Å²) in [4.78, 5) is 4.72. The van der Waals surface area contributed by atoms with Gasteiger partial charge in [-0.1, -0.05) is 44.2 Å². The molecule has 1 aliphatic rings. The van der Waals surface area contributed by atoms with Crippen LogP contribution >= 0.6 is 11.3 Å². The Morgan fingerprint density at radius 2 is 2.00 bits per heavy atom. The Hall–Kier alpha value is -1.19. The molecule has 3 heteroatoms. The van der Waals surface area contributed by atoms with E-state index >= 15 is 0 Å². The van der Waals surface area contributed by atoms with Crippen molar-refractivity contribution in [3.63, 3.8) is 0 Å². The Kier molecular flexibility index (Phi) is 4.14. The van der Waals surface area contributed by atoms with Gasteiger partial charge in [0.05, 0.1) is 16.3 Å². The van der Waals surface area contributed by atoms with Gasteiger partial charge in [0.15, 0.2) is 0 Å². The molecule has 112 valence electrons. The lowest BCUT2D eigenvalue weighted by Crippen LogP contribution is -2.39. The minimum Gasteiger partial charge on any atom is -0.389 e. The van der Waals surface area contributed by atoms with Crippen molar-refractivity contribution in [2.45, 2.75) is 45.1 Å². The number of hydrogen-bond donors (Lipinski definition) is 1. The van der Waals surface area contributed by atoms with Crippen molar-refractivity contribution in [1.29, 1.82) is 0 Å². The Bertz CT molecular complexity index is 594. The maximum Gasteiger partial charge on any atom is 0.0961 e. The summed E-state index contributed by atoms with van der Waals surface area (Å²) in [5, 5.41) is 14.0. The normalized spacial score (nSPS) is 29.5. The van der Waals surface area contributed by atoms with Crippen molar-refractivity contribution < 1.29 is 5.11 Å². The molecule has 21 heavy (non-hydrogen) atoms. The first-order chi connectivity index (χ1) is 10.1. The molecule has 1 N–H and O–H groups in total. The fraction of sp³-hybridized carbons (Fsp3) is 0.500. The van der Waals surface area contributed by atoms with Crippen LogP contribution in [0, 0.1) is 11.8 Å². The monoisotopic (exact) mass is 301 g/mol. The number of hydrogen-bond acceptors (Lipinski definition) is 3. The summed E-state index contributed by atoms with van der Waals surface area (Å²) in [7, 11) is 0. The molecule has 1 aromatic carbocycles. The van der Waals surface area contributed by atoms with Gasteiger partial charge in [-0.2, -0.15) is 0 Å². The second-order valence-corrected chi connectivity index (χ2v) is 7.53. The van der Waals surface area contributed by atoms with E-state index in [1.165, 1.54) is 0 Å². The highest BCUT2D eigenvalue weighted by molar-refractivity contribution is 7.09. The highest BCUT2D eigenvalue weighted by Gasteiger charge is 2.36. The van der Waals surface area contributed by atoms with E-state index in [0.29, 0.717) is 12.3 Å². The second kappa shape index (κ2) is 5.90. The van der Waals surface area contributed by atoms with E-state index < -0.39 is 5.60 Å². The molecular formula is C18H23NOS. The molecule has 0 bridgehead atoms. The zero-order valence-electron chi connectivity index (χ0n) is 12.7. The molecule has 0 aliphatic heterocycles. The lowest BCUT2D eigenvalue weighted by atomic mass is 9.72. The summed E-state index contributed by atoms with van der Waals surface area (Å²) in [5.74, 6) is 1.32. The third-order valence-corrected chi connectivity index (χ3v) is 5.69. The van der Waals surface area contributed by atoms with Gasteiger partial charge in [-0.3, -0.25) is 0 Å². The van der Waals surface area contributed by atoms with E-state index in [0.717, 1.165) is 41.4 Å². The molecule has 3 atom stereocenters. The maximum absolute atomic E-state index is 10.9. The van der Waals surface area contributed by atoms with E-state index in [1.807, 2.05) is 18.2 Å². The number of rotatable bonds is 3. The van der Waals surface area contributed by atoms with Gasteiger partial charge in [-0.15, -0.1) is 11.3 Å². The molecule has 1 aliphatic carbocycles. The summed E-state index contributed by atoms with van der Waals surface area (Å²) < 4.78 is 0. The van der Waals surface area contributed by atoms with Crippen LogP contribution in [0.25, 0.3) is 11.3 Å². The van der Waals surface area contributed by atoms with E-state index in [1.54, 1.807) is 11.3 Å². The van der Waals surface area contributed by atoms with Crippen LogP contribution in [0.15, 0.2) is 35.7 Å². The summed E-state index contributed by atoms with van der Waals surface area (Å²) in [5.41, 5.74) is 1.62. The Morgan fingerprint density at radius 1 is 1.24 bits per heavy atom. The predicted molar refractivity (Wildman–Crippen MR) is 88.4 cm³/mol. The van der Waals surface area contributed by atoms with Crippen molar-refractivity contribution in [3.8, 4) is 11.3 Å². The van der Waals surface area contributed by atoms with Crippen LogP contribution in [0.1, 0.15) is 38.1 Å². The average molecular weight is 301 g/mol. The SMILES string of the molecule is CC1CCC(O)(Cc2nc(-c3ccccc3)cs2)CC1C. The second-order valence-electron chi connectivity index (χ2n) is 6.59. The van der Waals surface area contributed by atoms with E-state index in [4.69, 9.17) is 4.98 Å². The molecule has 3 unspecified atom stereocenters. The van der Waals surface area contributed by atoms with Crippen LogP contribution in [-0.4, -0.2) is 15.7 Å². The van der Waals surface area contributed by atoms with Crippen LogP contribution in [0.4, 0.5) is 0 Å². The van der Waals surface area contributed by atoms with Crippen LogP contribution in [0.3, 0.4) is 0 Å². The maximum atomic E-state index is 10.9. The molecule has 0 amide bonds. The first-order valence-electron chi connectivity index (χ1n) is 7.78. The van der Waals surface area contributed by atoms with E-state index in [-0.39, 0.29) is 0 Å².